The molecule has 0 unspecified atom stereocenters. The molecule has 0 radical (unpaired) electrons. The van der Waals surface area contributed by atoms with E-state index in [9.17, 15) is 10.1 Å². The number of carbonyl (C=O) groups excluding carboxylic acids is 1. The van der Waals surface area contributed by atoms with Crippen LogP contribution in [0.5, 0.6) is 0 Å². The summed E-state index contributed by atoms with van der Waals surface area (Å²) < 4.78 is 0. The van der Waals surface area contributed by atoms with Gasteiger partial charge in [-0.2, -0.15) is 5.26 Å². The van der Waals surface area contributed by atoms with E-state index >= 15 is 0 Å². The van der Waals surface area contributed by atoms with Gasteiger partial charge in [-0.3, -0.25) is 4.79 Å². The van der Waals surface area contributed by atoms with Gasteiger partial charge in [0.05, 0.1) is 11.5 Å². The predicted molar refractivity (Wildman–Crippen MR) is 64.8 cm³/mol. The van der Waals surface area contributed by atoms with Gasteiger partial charge < -0.3 is 0 Å². The van der Waals surface area contributed by atoms with E-state index in [0.717, 1.165) is 12.8 Å². The standard InChI is InChI=1S/C15H19NO/c1-8(2)11-5-4-9(3)10-6-12(17)14-13(10)15(11,14)7-16/h6,8-9,11,13-14H,4-5H2,1-3H3/t9-,11+,13-,14+,15-/m1/s1. The summed E-state index contributed by atoms with van der Waals surface area (Å²) >= 11 is 0. The fourth-order valence-corrected chi connectivity index (χ4v) is 4.47. The minimum absolute atomic E-state index is 0.0117. The molecule has 0 aromatic carbocycles. The number of ketones is 1. The molecule has 0 heterocycles. The molecular formula is C15H19NO. The number of nitrogens with zero attached hydrogens (tertiary/aromatic N) is 1. The Morgan fingerprint density at radius 1 is 1.41 bits per heavy atom. The minimum atomic E-state index is -0.333. The summed E-state index contributed by atoms with van der Waals surface area (Å²) in [5, 5.41) is 9.63. The molecule has 0 aliphatic heterocycles. The lowest BCUT2D eigenvalue weighted by Gasteiger charge is -2.26. The van der Waals surface area contributed by atoms with Gasteiger partial charge in [0.25, 0.3) is 0 Å². The van der Waals surface area contributed by atoms with Crippen molar-refractivity contribution in [3.05, 3.63) is 11.6 Å². The Bertz CT molecular complexity index is 456. The topological polar surface area (TPSA) is 40.9 Å². The molecule has 0 aromatic heterocycles. The highest BCUT2D eigenvalue weighted by atomic mass is 16.1. The number of fused-ring (bicyclic) bond motifs is 1. The van der Waals surface area contributed by atoms with E-state index in [1.54, 1.807) is 0 Å². The first-order valence-corrected chi connectivity index (χ1v) is 6.70. The van der Waals surface area contributed by atoms with Crippen LogP contribution in [0.3, 0.4) is 0 Å². The summed E-state index contributed by atoms with van der Waals surface area (Å²) in [6.45, 7) is 6.61. The summed E-state index contributed by atoms with van der Waals surface area (Å²) in [5.74, 6) is 1.90. The van der Waals surface area contributed by atoms with Crippen LogP contribution in [0.25, 0.3) is 0 Å². The molecule has 0 spiro atoms. The molecule has 3 aliphatic rings. The highest BCUT2D eigenvalue weighted by molar-refractivity contribution is 6.01. The molecular weight excluding hydrogens is 210 g/mol. The molecule has 0 aromatic rings. The maximum atomic E-state index is 12.0. The fraction of sp³-hybridized carbons (Fsp3) is 0.733. The van der Waals surface area contributed by atoms with Crippen molar-refractivity contribution in [3.63, 3.8) is 0 Å². The second-order valence-corrected chi connectivity index (χ2v) is 6.38. The highest BCUT2D eigenvalue weighted by Gasteiger charge is 2.75. The zero-order valence-electron chi connectivity index (χ0n) is 10.7. The van der Waals surface area contributed by atoms with Crippen molar-refractivity contribution in [3.8, 4) is 6.07 Å². The average Bonchev–Trinajstić information content (AvgIpc) is 2.82. The zero-order chi connectivity index (χ0) is 12.4. The van der Waals surface area contributed by atoms with Crippen molar-refractivity contribution in [2.45, 2.75) is 33.6 Å². The van der Waals surface area contributed by atoms with Gasteiger partial charge in [0.2, 0.25) is 0 Å². The van der Waals surface area contributed by atoms with Crippen LogP contribution in [-0.2, 0) is 4.79 Å². The lowest BCUT2D eigenvalue weighted by atomic mass is 9.76. The van der Waals surface area contributed by atoms with Crippen molar-refractivity contribution in [1.29, 1.82) is 5.26 Å². The number of hydrogen-bond donors (Lipinski definition) is 0. The smallest absolute Gasteiger partial charge is 0.161 e. The molecule has 2 nitrogen and oxygen atoms in total. The maximum absolute atomic E-state index is 12.0. The second-order valence-electron chi connectivity index (χ2n) is 6.38. The minimum Gasteiger partial charge on any atom is -0.294 e. The molecule has 17 heavy (non-hydrogen) atoms. The Balaban J connectivity index is 2.09. The number of nitriles is 1. The molecule has 2 fully saturated rings. The molecule has 0 N–H and O–H groups in total. The first kappa shape index (κ1) is 11.0. The van der Waals surface area contributed by atoms with Gasteiger partial charge in [0.15, 0.2) is 5.78 Å². The van der Waals surface area contributed by atoms with Crippen LogP contribution in [0.4, 0.5) is 0 Å². The molecule has 2 saturated carbocycles. The Kier molecular flexibility index (Phi) is 2.09. The number of rotatable bonds is 1. The quantitative estimate of drug-likeness (QED) is 0.693. The average molecular weight is 229 g/mol. The van der Waals surface area contributed by atoms with Crippen molar-refractivity contribution < 1.29 is 4.79 Å². The van der Waals surface area contributed by atoms with E-state index in [1.165, 1.54) is 5.57 Å². The first-order chi connectivity index (χ1) is 8.04. The lowest BCUT2D eigenvalue weighted by Crippen LogP contribution is -2.25. The Morgan fingerprint density at radius 2 is 2.12 bits per heavy atom. The number of allylic oxidation sites excluding steroid dienone is 2. The van der Waals surface area contributed by atoms with Crippen LogP contribution in [0.1, 0.15) is 33.6 Å². The van der Waals surface area contributed by atoms with Crippen molar-refractivity contribution in [2.75, 3.05) is 0 Å². The SMILES string of the molecule is CC(C)[C@@H]1CC[C@@H](C)C2=CC(=O)[C@H]3[C@@H]2[C@@]13C#N. The summed E-state index contributed by atoms with van der Waals surface area (Å²) in [6.07, 6.45) is 4.08. The van der Waals surface area contributed by atoms with E-state index in [4.69, 9.17) is 0 Å². The van der Waals surface area contributed by atoms with Crippen LogP contribution >= 0.6 is 0 Å². The normalized spacial score (nSPS) is 47.2. The van der Waals surface area contributed by atoms with Crippen molar-refractivity contribution in [2.24, 2.45) is 35.0 Å². The molecule has 0 amide bonds. The van der Waals surface area contributed by atoms with Crippen LogP contribution in [0.2, 0.25) is 0 Å². The van der Waals surface area contributed by atoms with Gasteiger partial charge in [-0.05, 0) is 36.7 Å². The van der Waals surface area contributed by atoms with Crippen molar-refractivity contribution >= 4 is 5.78 Å². The van der Waals surface area contributed by atoms with E-state index in [1.807, 2.05) is 6.08 Å². The third-order valence-electron chi connectivity index (χ3n) is 5.32. The van der Waals surface area contributed by atoms with E-state index in [2.05, 4.69) is 26.8 Å². The van der Waals surface area contributed by atoms with Gasteiger partial charge >= 0.3 is 0 Å². The number of hydrogen-bond acceptors (Lipinski definition) is 2. The summed E-state index contributed by atoms with van der Waals surface area (Å²) in [7, 11) is 0. The maximum Gasteiger partial charge on any atom is 0.161 e. The molecule has 5 atom stereocenters. The predicted octanol–water partition coefficient (Wildman–Crippen LogP) is 2.95. The monoisotopic (exact) mass is 229 g/mol. The lowest BCUT2D eigenvalue weighted by molar-refractivity contribution is -0.116. The first-order valence-electron chi connectivity index (χ1n) is 6.70. The fourth-order valence-electron chi connectivity index (χ4n) is 4.47. The third kappa shape index (κ3) is 1.13. The van der Waals surface area contributed by atoms with Crippen LogP contribution < -0.4 is 0 Å². The second kappa shape index (κ2) is 3.22. The van der Waals surface area contributed by atoms with Gasteiger partial charge in [0, 0.05) is 11.8 Å². The summed E-state index contributed by atoms with van der Waals surface area (Å²) in [5.41, 5.74) is 0.949. The van der Waals surface area contributed by atoms with Gasteiger partial charge in [0.1, 0.15) is 0 Å². The van der Waals surface area contributed by atoms with Crippen LogP contribution in [0, 0.1) is 46.3 Å². The van der Waals surface area contributed by atoms with E-state index in [-0.39, 0.29) is 23.0 Å². The van der Waals surface area contributed by atoms with E-state index < -0.39 is 0 Å². The largest absolute Gasteiger partial charge is 0.294 e. The third-order valence-corrected chi connectivity index (χ3v) is 5.32. The van der Waals surface area contributed by atoms with Crippen LogP contribution in [0.15, 0.2) is 11.6 Å². The molecule has 3 rings (SSSR count). The molecule has 3 aliphatic carbocycles. The molecule has 0 saturated heterocycles. The molecule has 0 bridgehead atoms. The zero-order valence-corrected chi connectivity index (χ0v) is 10.7. The molecule has 90 valence electrons. The Labute approximate surface area is 103 Å². The van der Waals surface area contributed by atoms with E-state index in [0.29, 0.717) is 17.8 Å². The van der Waals surface area contributed by atoms with Gasteiger partial charge in [-0.25, -0.2) is 0 Å². The van der Waals surface area contributed by atoms with Crippen LogP contribution in [-0.4, -0.2) is 5.78 Å². The Morgan fingerprint density at radius 3 is 2.71 bits per heavy atom. The molecule has 2 heteroatoms. The van der Waals surface area contributed by atoms with Crippen molar-refractivity contribution in [1.82, 2.24) is 0 Å². The highest BCUT2D eigenvalue weighted by Crippen LogP contribution is 2.73. The summed E-state index contributed by atoms with van der Waals surface area (Å²) in [4.78, 5) is 12.0. The van der Waals surface area contributed by atoms with Gasteiger partial charge in [-0.15, -0.1) is 0 Å². The Hall–Kier alpha value is -1.10. The summed E-state index contributed by atoms with van der Waals surface area (Å²) in [6, 6.07) is 2.55. The van der Waals surface area contributed by atoms with Gasteiger partial charge in [-0.1, -0.05) is 26.3 Å². The number of carbonyl (C=O) groups is 1.